The van der Waals surface area contributed by atoms with Crippen LogP contribution in [0.3, 0.4) is 0 Å². The molecular weight excluding hydrogens is 401 g/mol. The number of aliphatic hydroxyl groups is 1. The minimum atomic E-state index is -0.735. The summed E-state index contributed by atoms with van der Waals surface area (Å²) in [5.74, 6) is 1.23. The minimum Gasteiger partial charge on any atom is -0.389 e. The van der Waals surface area contributed by atoms with Gasteiger partial charge in [-0.05, 0) is 87.0 Å². The molecule has 172 valence electrons. The van der Waals surface area contributed by atoms with E-state index < -0.39 is 5.60 Å². The molecule has 0 saturated heterocycles. The van der Waals surface area contributed by atoms with Gasteiger partial charge in [-0.1, -0.05) is 32.0 Å². The Balaban J connectivity index is 1.27. The van der Waals surface area contributed by atoms with Crippen LogP contribution >= 0.6 is 0 Å². The van der Waals surface area contributed by atoms with E-state index in [1.54, 1.807) is 6.07 Å². The Morgan fingerprint density at radius 3 is 2.78 bits per heavy atom. The van der Waals surface area contributed by atoms with E-state index in [0.717, 1.165) is 73.2 Å². The molecule has 0 radical (unpaired) electrons. The molecule has 4 rings (SSSR count). The summed E-state index contributed by atoms with van der Waals surface area (Å²) < 4.78 is 13.7. The number of H-pyrrole nitrogens is 1. The third-order valence-corrected chi connectivity index (χ3v) is 7.08. The first-order valence-electron chi connectivity index (χ1n) is 12.0. The highest BCUT2D eigenvalue weighted by molar-refractivity contribution is 5.74. The lowest BCUT2D eigenvalue weighted by Crippen LogP contribution is -2.45. The summed E-state index contributed by atoms with van der Waals surface area (Å²) in [6.07, 6.45) is 5.33. The fourth-order valence-electron chi connectivity index (χ4n) is 5.44. The molecule has 1 aromatic heterocycles. The van der Waals surface area contributed by atoms with Crippen molar-refractivity contribution in [2.45, 2.75) is 63.9 Å². The summed E-state index contributed by atoms with van der Waals surface area (Å²) in [4.78, 5) is 10.4. The van der Waals surface area contributed by atoms with Crippen LogP contribution in [-0.4, -0.2) is 45.7 Å². The molecule has 1 aliphatic carbocycles. The second-order valence-electron chi connectivity index (χ2n) is 9.88. The van der Waals surface area contributed by atoms with Crippen molar-refractivity contribution in [3.05, 3.63) is 65.2 Å². The molecule has 0 fully saturated rings. The van der Waals surface area contributed by atoms with Crippen molar-refractivity contribution in [3.8, 4) is 0 Å². The van der Waals surface area contributed by atoms with Crippen LogP contribution in [0.25, 0.3) is 11.0 Å². The molecule has 4 nitrogen and oxygen atoms in total. The summed E-state index contributed by atoms with van der Waals surface area (Å²) >= 11 is 0. The predicted octanol–water partition coefficient (Wildman–Crippen LogP) is 5.46. The first kappa shape index (κ1) is 22.9. The van der Waals surface area contributed by atoms with E-state index in [2.05, 4.69) is 41.8 Å². The number of hydrogen-bond acceptors (Lipinski definition) is 3. The van der Waals surface area contributed by atoms with Gasteiger partial charge in [-0.2, -0.15) is 0 Å². The van der Waals surface area contributed by atoms with Crippen LogP contribution in [-0.2, 0) is 12.8 Å². The molecule has 0 spiro atoms. The monoisotopic (exact) mass is 437 g/mol. The van der Waals surface area contributed by atoms with Gasteiger partial charge in [0.2, 0.25) is 0 Å². The Labute approximate surface area is 190 Å². The lowest BCUT2D eigenvalue weighted by molar-refractivity contribution is -0.0301. The maximum absolute atomic E-state index is 13.7. The molecule has 0 aliphatic heterocycles. The number of para-hydroxylation sites is 2. The molecule has 0 amide bonds. The van der Waals surface area contributed by atoms with Crippen LogP contribution in [0, 0.1) is 11.7 Å². The summed E-state index contributed by atoms with van der Waals surface area (Å²) in [5, 5.41) is 11.6. The number of halogens is 1. The molecule has 2 N–H and O–H groups in total. The van der Waals surface area contributed by atoms with Crippen molar-refractivity contribution in [2.75, 3.05) is 20.1 Å². The highest BCUT2D eigenvalue weighted by Crippen LogP contribution is 2.45. The first-order chi connectivity index (χ1) is 15.4. The van der Waals surface area contributed by atoms with Gasteiger partial charge in [-0.15, -0.1) is 0 Å². The number of aromatic amines is 1. The second kappa shape index (κ2) is 9.72. The highest BCUT2D eigenvalue weighted by Gasteiger charge is 2.43. The Bertz CT molecular complexity index is 1010. The molecule has 32 heavy (non-hydrogen) atoms. The van der Waals surface area contributed by atoms with E-state index in [4.69, 9.17) is 0 Å². The standard InChI is InChI=1S/C27H36FN3O/c1-19(2)26-22-12-11-21(28)18-20(22)13-14-27(26,32)15-17-31(3)16-7-6-10-25-29-23-8-4-5-9-24(23)30-25/h4-5,8-9,11-12,18-19,26,32H,6-7,10,13-17H2,1-3H3,(H,29,30)/t26-,27-/m0/s1. The maximum Gasteiger partial charge on any atom is 0.123 e. The van der Waals surface area contributed by atoms with Crippen LogP contribution in [0.2, 0.25) is 0 Å². The smallest absolute Gasteiger partial charge is 0.123 e. The number of nitrogens with one attached hydrogen (secondary N) is 1. The van der Waals surface area contributed by atoms with E-state index in [0.29, 0.717) is 12.3 Å². The summed E-state index contributed by atoms with van der Waals surface area (Å²) in [6, 6.07) is 13.2. The third kappa shape index (κ3) is 5.05. The van der Waals surface area contributed by atoms with Gasteiger partial charge in [0.25, 0.3) is 0 Å². The molecule has 5 heteroatoms. The van der Waals surface area contributed by atoms with Crippen LogP contribution < -0.4 is 0 Å². The fraction of sp³-hybridized carbons (Fsp3) is 0.519. The number of nitrogens with zero attached hydrogens (tertiary/aromatic N) is 2. The average molecular weight is 438 g/mol. The van der Waals surface area contributed by atoms with Crippen molar-refractivity contribution in [1.29, 1.82) is 0 Å². The zero-order valence-electron chi connectivity index (χ0n) is 19.6. The molecule has 3 aromatic rings. The van der Waals surface area contributed by atoms with E-state index in [9.17, 15) is 9.50 Å². The van der Waals surface area contributed by atoms with Crippen molar-refractivity contribution < 1.29 is 9.50 Å². The van der Waals surface area contributed by atoms with Gasteiger partial charge in [0.15, 0.2) is 0 Å². The molecular formula is C27H36FN3O. The zero-order valence-corrected chi connectivity index (χ0v) is 19.6. The van der Waals surface area contributed by atoms with E-state index in [-0.39, 0.29) is 11.7 Å². The van der Waals surface area contributed by atoms with Crippen molar-refractivity contribution in [3.63, 3.8) is 0 Å². The lowest BCUT2D eigenvalue weighted by atomic mass is 9.66. The first-order valence-corrected chi connectivity index (χ1v) is 12.0. The number of aryl methyl sites for hydroxylation is 2. The number of fused-ring (bicyclic) bond motifs is 2. The van der Waals surface area contributed by atoms with E-state index in [1.165, 1.54) is 6.07 Å². The van der Waals surface area contributed by atoms with Gasteiger partial charge in [0.05, 0.1) is 16.6 Å². The summed E-state index contributed by atoms with van der Waals surface area (Å²) in [5.41, 5.74) is 3.59. The number of unbranched alkanes of at least 4 members (excludes halogenated alkanes) is 1. The molecule has 0 saturated carbocycles. The quantitative estimate of drug-likeness (QED) is 0.437. The van der Waals surface area contributed by atoms with E-state index >= 15 is 0 Å². The molecule has 2 aromatic carbocycles. The van der Waals surface area contributed by atoms with Gasteiger partial charge in [-0.25, -0.2) is 9.37 Å². The number of hydrogen-bond donors (Lipinski definition) is 2. The Morgan fingerprint density at radius 2 is 2.00 bits per heavy atom. The SMILES string of the molecule is CC(C)[C@H]1c2ccc(F)cc2CC[C@]1(O)CCN(C)CCCCc1nc2ccccc2[nH]1. The Kier molecular flexibility index (Phi) is 6.96. The largest absolute Gasteiger partial charge is 0.389 e. The summed E-state index contributed by atoms with van der Waals surface area (Å²) in [7, 11) is 2.14. The van der Waals surface area contributed by atoms with Crippen LogP contribution in [0.4, 0.5) is 4.39 Å². The third-order valence-electron chi connectivity index (χ3n) is 7.08. The van der Waals surface area contributed by atoms with Crippen molar-refractivity contribution in [1.82, 2.24) is 14.9 Å². The van der Waals surface area contributed by atoms with Crippen molar-refractivity contribution >= 4 is 11.0 Å². The molecule has 2 atom stereocenters. The topological polar surface area (TPSA) is 52.1 Å². The van der Waals surface area contributed by atoms with Gasteiger partial charge in [0, 0.05) is 18.9 Å². The molecule has 1 aliphatic rings. The van der Waals surface area contributed by atoms with Gasteiger partial charge in [0.1, 0.15) is 11.6 Å². The maximum atomic E-state index is 13.7. The summed E-state index contributed by atoms with van der Waals surface area (Å²) in [6.45, 7) is 6.19. The van der Waals surface area contributed by atoms with Crippen LogP contribution in [0.1, 0.15) is 62.4 Å². The zero-order chi connectivity index (χ0) is 22.7. The van der Waals surface area contributed by atoms with Crippen LogP contribution in [0.15, 0.2) is 42.5 Å². The molecule has 0 unspecified atom stereocenters. The normalized spacial score (nSPS) is 20.9. The van der Waals surface area contributed by atoms with Gasteiger partial charge in [-0.3, -0.25) is 0 Å². The average Bonchev–Trinajstić information content (AvgIpc) is 3.18. The number of benzene rings is 2. The Morgan fingerprint density at radius 1 is 1.19 bits per heavy atom. The Hall–Kier alpha value is -2.24. The predicted molar refractivity (Wildman–Crippen MR) is 128 cm³/mol. The van der Waals surface area contributed by atoms with Crippen LogP contribution in [0.5, 0.6) is 0 Å². The molecule has 1 heterocycles. The molecule has 0 bridgehead atoms. The van der Waals surface area contributed by atoms with Crippen molar-refractivity contribution in [2.24, 2.45) is 5.92 Å². The van der Waals surface area contributed by atoms with Gasteiger partial charge >= 0.3 is 0 Å². The van der Waals surface area contributed by atoms with E-state index in [1.807, 2.05) is 24.3 Å². The minimum absolute atomic E-state index is 0.0494. The van der Waals surface area contributed by atoms with Gasteiger partial charge < -0.3 is 15.0 Å². The second-order valence-corrected chi connectivity index (χ2v) is 9.88. The number of rotatable bonds is 9. The number of aromatic nitrogens is 2. The lowest BCUT2D eigenvalue weighted by Gasteiger charge is -2.44. The highest BCUT2D eigenvalue weighted by atomic mass is 19.1. The number of imidazole rings is 1. The fourth-order valence-corrected chi connectivity index (χ4v) is 5.44.